The lowest BCUT2D eigenvalue weighted by Gasteiger charge is -2.12. The summed E-state index contributed by atoms with van der Waals surface area (Å²) in [5.74, 6) is 1.23. The fraction of sp³-hybridized carbons (Fsp3) is 0.133. The molecule has 0 saturated heterocycles. The second-order valence-corrected chi connectivity index (χ2v) is 5.52. The van der Waals surface area contributed by atoms with Crippen LogP contribution in [-0.2, 0) is 6.61 Å². The van der Waals surface area contributed by atoms with E-state index in [0.29, 0.717) is 33.7 Å². The van der Waals surface area contributed by atoms with E-state index < -0.39 is 0 Å². The third-order valence-corrected chi connectivity index (χ3v) is 3.79. The largest absolute Gasteiger partial charge is 0.497 e. The molecule has 0 bridgehead atoms. The smallest absolute Gasteiger partial charge is 0.133 e. The maximum Gasteiger partial charge on any atom is 0.133 e. The van der Waals surface area contributed by atoms with Crippen LogP contribution in [-0.4, -0.2) is 12.1 Å². The van der Waals surface area contributed by atoms with Gasteiger partial charge in [0.1, 0.15) is 23.1 Å². The molecule has 0 aliphatic heterocycles. The third kappa shape index (κ3) is 4.00. The minimum Gasteiger partial charge on any atom is -0.497 e. The first-order valence-electron chi connectivity index (χ1n) is 6.06. The van der Waals surface area contributed by atoms with Crippen molar-refractivity contribution in [1.29, 1.82) is 0 Å². The second kappa shape index (κ2) is 6.98. The maximum absolute atomic E-state index is 5.98. The fourth-order valence-corrected chi connectivity index (χ4v) is 2.23. The van der Waals surface area contributed by atoms with Crippen LogP contribution in [0, 0.1) is 0 Å². The molecule has 6 heteroatoms. The number of halogens is 2. The summed E-state index contributed by atoms with van der Waals surface area (Å²) in [6.45, 7) is 0.319. The van der Waals surface area contributed by atoms with Crippen molar-refractivity contribution in [3.05, 3.63) is 57.6 Å². The van der Waals surface area contributed by atoms with Gasteiger partial charge in [-0.1, -0.05) is 41.5 Å². The Labute approximate surface area is 138 Å². The third-order valence-electron chi connectivity index (χ3n) is 2.83. The highest BCUT2D eigenvalue weighted by Crippen LogP contribution is 2.27. The van der Waals surface area contributed by atoms with Gasteiger partial charge in [0.15, 0.2) is 0 Å². The normalized spacial score (nSPS) is 10.2. The molecular formula is C15H13Cl2NO2S. The maximum atomic E-state index is 5.98. The molecule has 0 unspecified atom stereocenters. The van der Waals surface area contributed by atoms with Gasteiger partial charge in [-0.05, 0) is 29.8 Å². The van der Waals surface area contributed by atoms with Crippen LogP contribution in [0.1, 0.15) is 11.1 Å². The highest BCUT2D eigenvalue weighted by Gasteiger charge is 2.09. The predicted octanol–water partition coefficient (Wildman–Crippen LogP) is 4.22. The minimum absolute atomic E-state index is 0.266. The lowest BCUT2D eigenvalue weighted by atomic mass is 10.2. The van der Waals surface area contributed by atoms with Crippen LogP contribution in [0.4, 0.5) is 0 Å². The number of thiocarbonyl (C=S) groups is 1. The molecule has 0 radical (unpaired) electrons. The molecule has 21 heavy (non-hydrogen) atoms. The van der Waals surface area contributed by atoms with Gasteiger partial charge < -0.3 is 15.2 Å². The van der Waals surface area contributed by atoms with E-state index in [9.17, 15) is 0 Å². The number of methoxy groups -OCH3 is 1. The Balaban J connectivity index is 2.21. The molecule has 0 amide bonds. The summed E-state index contributed by atoms with van der Waals surface area (Å²) < 4.78 is 10.9. The van der Waals surface area contributed by atoms with Crippen molar-refractivity contribution in [2.45, 2.75) is 6.61 Å². The molecule has 2 N–H and O–H groups in total. The van der Waals surface area contributed by atoms with E-state index in [-0.39, 0.29) is 4.99 Å². The van der Waals surface area contributed by atoms with E-state index in [1.165, 1.54) is 0 Å². The number of benzene rings is 2. The molecule has 0 atom stereocenters. The molecule has 2 aromatic carbocycles. The molecule has 0 aliphatic carbocycles. The average molecular weight is 342 g/mol. The molecule has 3 nitrogen and oxygen atoms in total. The average Bonchev–Trinajstić information content (AvgIpc) is 2.48. The van der Waals surface area contributed by atoms with E-state index in [1.54, 1.807) is 37.4 Å². The van der Waals surface area contributed by atoms with Crippen molar-refractivity contribution in [2.24, 2.45) is 5.73 Å². The molecule has 110 valence electrons. The summed E-state index contributed by atoms with van der Waals surface area (Å²) in [6, 6.07) is 10.6. The Kier molecular flexibility index (Phi) is 5.28. The molecule has 2 rings (SSSR count). The van der Waals surface area contributed by atoms with Crippen LogP contribution < -0.4 is 15.2 Å². The van der Waals surface area contributed by atoms with Crippen molar-refractivity contribution < 1.29 is 9.47 Å². The molecule has 0 aromatic heterocycles. The van der Waals surface area contributed by atoms with Gasteiger partial charge >= 0.3 is 0 Å². The topological polar surface area (TPSA) is 44.5 Å². The van der Waals surface area contributed by atoms with Gasteiger partial charge in [0.05, 0.1) is 22.7 Å². The first-order valence-corrected chi connectivity index (χ1v) is 7.22. The van der Waals surface area contributed by atoms with Crippen molar-refractivity contribution in [1.82, 2.24) is 0 Å². The zero-order valence-electron chi connectivity index (χ0n) is 11.2. The van der Waals surface area contributed by atoms with Gasteiger partial charge in [0, 0.05) is 6.07 Å². The predicted molar refractivity (Wildman–Crippen MR) is 89.7 cm³/mol. The lowest BCUT2D eigenvalue weighted by Crippen LogP contribution is -2.11. The van der Waals surface area contributed by atoms with Crippen LogP contribution in [0.3, 0.4) is 0 Å². The number of nitrogens with two attached hydrogens (primary N) is 1. The molecule has 0 fully saturated rings. The van der Waals surface area contributed by atoms with E-state index in [2.05, 4.69) is 0 Å². The van der Waals surface area contributed by atoms with Gasteiger partial charge in [0.2, 0.25) is 0 Å². The van der Waals surface area contributed by atoms with E-state index in [0.717, 1.165) is 5.56 Å². The molecule has 0 saturated carbocycles. The summed E-state index contributed by atoms with van der Waals surface area (Å²) in [5, 5.41) is 0.989. The number of ether oxygens (including phenoxy) is 2. The first-order chi connectivity index (χ1) is 10.0. The molecule has 0 spiro atoms. The van der Waals surface area contributed by atoms with Crippen molar-refractivity contribution in [3.63, 3.8) is 0 Å². The van der Waals surface area contributed by atoms with Crippen LogP contribution in [0.25, 0.3) is 0 Å². The lowest BCUT2D eigenvalue weighted by molar-refractivity contribution is 0.303. The summed E-state index contributed by atoms with van der Waals surface area (Å²) in [4.78, 5) is 0.266. The Morgan fingerprint density at radius 3 is 2.52 bits per heavy atom. The Morgan fingerprint density at radius 2 is 1.90 bits per heavy atom. The van der Waals surface area contributed by atoms with Crippen LogP contribution >= 0.6 is 35.4 Å². The quantitative estimate of drug-likeness (QED) is 0.827. The van der Waals surface area contributed by atoms with Gasteiger partial charge in [-0.3, -0.25) is 0 Å². The number of hydrogen-bond donors (Lipinski definition) is 1. The van der Waals surface area contributed by atoms with E-state index in [1.807, 2.05) is 6.07 Å². The van der Waals surface area contributed by atoms with Gasteiger partial charge in [-0.2, -0.15) is 0 Å². The summed E-state index contributed by atoms with van der Waals surface area (Å²) in [7, 11) is 1.58. The Bertz CT molecular complexity index is 677. The van der Waals surface area contributed by atoms with Gasteiger partial charge in [0.25, 0.3) is 0 Å². The molecule has 2 aromatic rings. The minimum atomic E-state index is 0.266. The van der Waals surface area contributed by atoms with Crippen molar-refractivity contribution >= 4 is 40.4 Å². The summed E-state index contributed by atoms with van der Waals surface area (Å²) >= 11 is 16.9. The molecular weight excluding hydrogens is 329 g/mol. The van der Waals surface area contributed by atoms with Gasteiger partial charge in [-0.15, -0.1) is 0 Å². The van der Waals surface area contributed by atoms with Crippen LogP contribution in [0.2, 0.25) is 10.0 Å². The zero-order valence-corrected chi connectivity index (χ0v) is 13.6. The molecule has 0 heterocycles. The fourth-order valence-electron chi connectivity index (χ4n) is 1.74. The SMILES string of the molecule is COc1ccc(C(N)=S)c(OCc2ccc(Cl)c(Cl)c2)c1. The van der Waals surface area contributed by atoms with Crippen LogP contribution in [0.5, 0.6) is 11.5 Å². The Morgan fingerprint density at radius 1 is 1.14 bits per heavy atom. The van der Waals surface area contributed by atoms with E-state index >= 15 is 0 Å². The molecule has 0 aliphatic rings. The number of hydrogen-bond acceptors (Lipinski definition) is 3. The first kappa shape index (κ1) is 15.9. The highest BCUT2D eigenvalue weighted by molar-refractivity contribution is 7.80. The van der Waals surface area contributed by atoms with E-state index in [4.69, 9.17) is 50.6 Å². The van der Waals surface area contributed by atoms with Crippen molar-refractivity contribution in [2.75, 3.05) is 7.11 Å². The Hall–Kier alpha value is -1.49. The second-order valence-electron chi connectivity index (χ2n) is 4.26. The monoisotopic (exact) mass is 341 g/mol. The van der Waals surface area contributed by atoms with Crippen molar-refractivity contribution in [3.8, 4) is 11.5 Å². The standard InChI is InChI=1S/C15H13Cl2NO2S/c1-19-10-3-4-11(15(18)21)14(7-10)20-8-9-2-5-12(16)13(17)6-9/h2-7H,8H2,1H3,(H2,18,21). The summed E-state index contributed by atoms with van der Waals surface area (Å²) in [5.41, 5.74) is 7.24. The zero-order chi connectivity index (χ0) is 15.4. The number of rotatable bonds is 5. The summed E-state index contributed by atoms with van der Waals surface area (Å²) in [6.07, 6.45) is 0. The highest BCUT2D eigenvalue weighted by atomic mass is 35.5. The van der Waals surface area contributed by atoms with Crippen LogP contribution in [0.15, 0.2) is 36.4 Å². The van der Waals surface area contributed by atoms with Gasteiger partial charge in [-0.25, -0.2) is 0 Å².